The summed E-state index contributed by atoms with van der Waals surface area (Å²) in [6.45, 7) is 0.420. The van der Waals surface area contributed by atoms with Crippen LogP contribution < -0.4 is 5.56 Å². The second-order valence-corrected chi connectivity index (χ2v) is 7.37. The zero-order valence-electron chi connectivity index (χ0n) is 10.7. The predicted molar refractivity (Wildman–Crippen MR) is 102 cm³/mol. The molecule has 0 aliphatic carbocycles. The van der Waals surface area contributed by atoms with Gasteiger partial charge >= 0.3 is 0 Å². The normalized spacial score (nSPS) is 11.0. The molecule has 3 nitrogen and oxygen atoms in total. The number of benzene rings is 2. The van der Waals surface area contributed by atoms with Crippen LogP contribution in [0.2, 0.25) is 5.02 Å². The topological polar surface area (TPSA) is 34.9 Å². The van der Waals surface area contributed by atoms with Crippen molar-refractivity contribution < 1.29 is 0 Å². The van der Waals surface area contributed by atoms with Crippen LogP contribution in [0.3, 0.4) is 0 Å². The predicted octanol–water partition coefficient (Wildman–Crippen LogP) is 4.31. The van der Waals surface area contributed by atoms with Gasteiger partial charge in [0, 0.05) is 12.2 Å². The van der Waals surface area contributed by atoms with E-state index in [1.165, 1.54) is 0 Å². The van der Waals surface area contributed by atoms with Crippen LogP contribution in [0.1, 0.15) is 5.56 Å². The van der Waals surface area contributed by atoms with Gasteiger partial charge in [0.15, 0.2) is 0 Å². The summed E-state index contributed by atoms with van der Waals surface area (Å²) in [5, 5.41) is 1.29. The van der Waals surface area contributed by atoms with Gasteiger partial charge in [-0.3, -0.25) is 9.36 Å². The maximum absolute atomic E-state index is 12.6. The number of hydrogen-bond acceptors (Lipinski definition) is 2. The fourth-order valence-corrected chi connectivity index (χ4v) is 4.30. The van der Waals surface area contributed by atoms with Crippen LogP contribution in [0, 0.1) is 7.14 Å². The van der Waals surface area contributed by atoms with Gasteiger partial charge in [0.05, 0.1) is 23.8 Å². The van der Waals surface area contributed by atoms with Gasteiger partial charge in [0.2, 0.25) is 0 Å². The first kappa shape index (κ1) is 15.2. The quantitative estimate of drug-likeness (QED) is 0.471. The van der Waals surface area contributed by atoms with Crippen molar-refractivity contribution in [1.82, 2.24) is 9.55 Å². The molecule has 1 heterocycles. The third-order valence-electron chi connectivity index (χ3n) is 3.14. The highest BCUT2D eigenvalue weighted by atomic mass is 127. The smallest absolute Gasteiger partial charge is 0.261 e. The molecule has 0 spiro atoms. The molecule has 0 bridgehead atoms. The first-order valence-electron chi connectivity index (χ1n) is 6.14. The number of fused-ring (bicyclic) bond motifs is 1. The zero-order chi connectivity index (χ0) is 15.0. The van der Waals surface area contributed by atoms with Gasteiger partial charge < -0.3 is 0 Å². The Kier molecular flexibility index (Phi) is 4.51. The summed E-state index contributed by atoms with van der Waals surface area (Å²) in [7, 11) is 0. The SMILES string of the molecule is O=c1c2cc(I)cc(I)c2ncn1Cc1ccccc1Cl. The Balaban J connectivity index is 2.15. The Hall–Kier alpha value is -0.670. The van der Waals surface area contributed by atoms with Crippen molar-refractivity contribution in [2.45, 2.75) is 6.54 Å². The van der Waals surface area contributed by atoms with Crippen molar-refractivity contribution in [3.8, 4) is 0 Å². The van der Waals surface area contributed by atoms with E-state index in [4.69, 9.17) is 11.6 Å². The molecule has 0 atom stereocenters. The average Bonchev–Trinajstić information content (AvgIpc) is 2.44. The van der Waals surface area contributed by atoms with E-state index in [-0.39, 0.29) is 5.56 Å². The second kappa shape index (κ2) is 6.21. The Labute approximate surface area is 153 Å². The minimum atomic E-state index is -0.0450. The Morgan fingerprint density at radius 3 is 2.71 bits per heavy atom. The van der Waals surface area contributed by atoms with E-state index in [1.54, 1.807) is 10.9 Å². The molecular formula is C15H9ClI2N2O. The van der Waals surface area contributed by atoms with Crippen molar-refractivity contribution >= 4 is 67.7 Å². The lowest BCUT2D eigenvalue weighted by Crippen LogP contribution is -2.21. The van der Waals surface area contributed by atoms with Crippen molar-refractivity contribution in [3.05, 3.63) is 70.8 Å². The molecule has 0 fully saturated rings. The lowest BCUT2D eigenvalue weighted by Gasteiger charge is -2.09. The van der Waals surface area contributed by atoms with E-state index < -0.39 is 0 Å². The zero-order valence-corrected chi connectivity index (χ0v) is 15.8. The van der Waals surface area contributed by atoms with Crippen molar-refractivity contribution in [2.24, 2.45) is 0 Å². The van der Waals surface area contributed by atoms with Crippen molar-refractivity contribution in [2.75, 3.05) is 0 Å². The summed E-state index contributed by atoms with van der Waals surface area (Å²) in [4.78, 5) is 17.0. The first-order valence-corrected chi connectivity index (χ1v) is 8.67. The molecule has 1 aromatic heterocycles. The van der Waals surface area contributed by atoms with Crippen LogP contribution in [-0.4, -0.2) is 9.55 Å². The summed E-state index contributed by atoms with van der Waals surface area (Å²) in [5.74, 6) is 0. The largest absolute Gasteiger partial charge is 0.294 e. The average molecular weight is 523 g/mol. The molecular weight excluding hydrogens is 513 g/mol. The molecule has 0 radical (unpaired) electrons. The number of halogens is 3. The molecule has 0 saturated heterocycles. The number of hydrogen-bond donors (Lipinski definition) is 0. The maximum atomic E-state index is 12.6. The number of nitrogens with zero attached hydrogens (tertiary/aromatic N) is 2. The fourth-order valence-electron chi connectivity index (χ4n) is 2.12. The van der Waals surface area contributed by atoms with E-state index in [1.807, 2.05) is 36.4 Å². The van der Waals surface area contributed by atoms with Gasteiger partial charge in [-0.15, -0.1) is 0 Å². The highest BCUT2D eigenvalue weighted by molar-refractivity contribution is 14.1. The number of aromatic nitrogens is 2. The molecule has 3 aromatic rings. The number of rotatable bonds is 2. The van der Waals surface area contributed by atoms with Gasteiger partial charge in [0.1, 0.15) is 0 Å². The molecule has 21 heavy (non-hydrogen) atoms. The van der Waals surface area contributed by atoms with Crippen LogP contribution in [0.15, 0.2) is 47.5 Å². The molecule has 0 amide bonds. The third kappa shape index (κ3) is 3.09. The molecule has 0 unspecified atom stereocenters. The lowest BCUT2D eigenvalue weighted by molar-refractivity contribution is 0.748. The Bertz CT molecular complexity index is 892. The minimum absolute atomic E-state index is 0.0450. The van der Waals surface area contributed by atoms with E-state index in [0.29, 0.717) is 17.0 Å². The van der Waals surface area contributed by atoms with Crippen LogP contribution >= 0.6 is 56.8 Å². The van der Waals surface area contributed by atoms with E-state index in [0.717, 1.165) is 18.2 Å². The Morgan fingerprint density at radius 2 is 1.95 bits per heavy atom. The summed E-state index contributed by atoms with van der Waals surface area (Å²) in [6, 6.07) is 11.4. The minimum Gasteiger partial charge on any atom is -0.294 e. The molecule has 6 heteroatoms. The third-order valence-corrected chi connectivity index (χ3v) is 4.96. The standard InChI is InChI=1S/C15H9ClI2N2O/c16-12-4-2-1-3-9(12)7-20-8-19-14-11(15(20)21)5-10(17)6-13(14)18/h1-6,8H,7H2. The van der Waals surface area contributed by atoms with Crippen molar-refractivity contribution in [1.29, 1.82) is 0 Å². The summed E-state index contributed by atoms with van der Waals surface area (Å²) >= 11 is 10.6. The molecule has 3 rings (SSSR count). The van der Waals surface area contributed by atoms with Crippen LogP contribution in [0.5, 0.6) is 0 Å². The molecule has 0 aliphatic heterocycles. The summed E-state index contributed by atoms with van der Waals surface area (Å²) < 4.78 is 3.60. The van der Waals surface area contributed by atoms with Crippen LogP contribution in [0.25, 0.3) is 10.9 Å². The highest BCUT2D eigenvalue weighted by Crippen LogP contribution is 2.20. The molecule has 106 valence electrons. The maximum Gasteiger partial charge on any atom is 0.261 e. The Morgan fingerprint density at radius 1 is 1.19 bits per heavy atom. The van der Waals surface area contributed by atoms with Crippen LogP contribution in [-0.2, 0) is 6.54 Å². The summed E-state index contributed by atoms with van der Waals surface area (Å²) in [6.07, 6.45) is 1.59. The fraction of sp³-hybridized carbons (Fsp3) is 0.0667. The highest BCUT2D eigenvalue weighted by Gasteiger charge is 2.09. The van der Waals surface area contributed by atoms with Gasteiger partial charge in [0.25, 0.3) is 5.56 Å². The van der Waals surface area contributed by atoms with Crippen molar-refractivity contribution in [3.63, 3.8) is 0 Å². The molecule has 2 aromatic carbocycles. The van der Waals surface area contributed by atoms with Gasteiger partial charge in [-0.1, -0.05) is 29.8 Å². The summed E-state index contributed by atoms with van der Waals surface area (Å²) in [5.41, 5.74) is 1.61. The molecule has 0 aliphatic rings. The first-order chi connectivity index (χ1) is 10.1. The van der Waals surface area contributed by atoms with E-state index in [2.05, 4.69) is 50.2 Å². The van der Waals surface area contributed by atoms with Crippen LogP contribution in [0.4, 0.5) is 0 Å². The van der Waals surface area contributed by atoms with Gasteiger partial charge in [-0.25, -0.2) is 4.98 Å². The van der Waals surface area contributed by atoms with Gasteiger partial charge in [-0.05, 0) is 68.9 Å². The van der Waals surface area contributed by atoms with Gasteiger partial charge in [-0.2, -0.15) is 0 Å². The van der Waals surface area contributed by atoms with E-state index >= 15 is 0 Å². The molecule has 0 N–H and O–H groups in total. The monoisotopic (exact) mass is 522 g/mol. The molecule has 0 saturated carbocycles. The van der Waals surface area contributed by atoms with E-state index in [9.17, 15) is 4.79 Å². The lowest BCUT2D eigenvalue weighted by atomic mass is 10.2. The second-order valence-electron chi connectivity index (χ2n) is 4.55.